The number of rotatable bonds is 10. The van der Waals surface area contributed by atoms with Crippen LogP contribution in [0.4, 0.5) is 10.2 Å². The second kappa shape index (κ2) is 11.3. The first-order valence-corrected chi connectivity index (χ1v) is 12.7. The van der Waals surface area contributed by atoms with Gasteiger partial charge in [-0.2, -0.15) is 0 Å². The fourth-order valence-electron chi connectivity index (χ4n) is 4.77. The maximum atomic E-state index is 15.0. The molecule has 1 aromatic carbocycles. The minimum atomic E-state index is -0.784. The summed E-state index contributed by atoms with van der Waals surface area (Å²) in [7, 11) is 0. The number of β-amino-alcohol motifs (C(OH)–C–C–N with tert-alkyl or cyclic N) is 1. The lowest BCUT2D eigenvalue weighted by molar-refractivity contribution is 0.0839. The number of oxazole rings is 1. The van der Waals surface area contributed by atoms with Gasteiger partial charge in [0.2, 0.25) is 0 Å². The number of pyridine rings is 1. The van der Waals surface area contributed by atoms with Gasteiger partial charge in [-0.25, -0.2) is 14.4 Å². The number of nitrogens with one attached hydrogen (secondary N) is 2. The molecule has 1 amide bonds. The molecule has 1 saturated carbocycles. The number of aromatic nitrogens is 2. The van der Waals surface area contributed by atoms with E-state index in [1.165, 1.54) is 18.9 Å². The molecule has 9 nitrogen and oxygen atoms in total. The Morgan fingerprint density at radius 3 is 2.97 bits per heavy atom. The minimum absolute atomic E-state index is 0.103. The van der Waals surface area contributed by atoms with Crippen molar-refractivity contribution in [2.45, 2.75) is 57.9 Å². The summed E-state index contributed by atoms with van der Waals surface area (Å²) in [5, 5.41) is 16.7. The van der Waals surface area contributed by atoms with Gasteiger partial charge in [0.15, 0.2) is 12.2 Å². The number of nitrogens with zero attached hydrogens (tertiary/aromatic N) is 3. The zero-order chi connectivity index (χ0) is 25.8. The molecular formula is C27H32FN5O4. The van der Waals surface area contributed by atoms with Gasteiger partial charge >= 0.3 is 0 Å². The summed E-state index contributed by atoms with van der Waals surface area (Å²) in [5.41, 5.74) is 2.97. The van der Waals surface area contributed by atoms with Gasteiger partial charge in [0.1, 0.15) is 24.0 Å². The highest BCUT2D eigenvalue weighted by Gasteiger charge is 2.25. The monoisotopic (exact) mass is 509 g/mol. The normalized spacial score (nSPS) is 16.5. The summed E-state index contributed by atoms with van der Waals surface area (Å²) in [5.74, 6) is 1.16. The lowest BCUT2D eigenvalue weighted by Crippen LogP contribution is -2.42. The number of ether oxygens (including phenoxy) is 1. The van der Waals surface area contributed by atoms with Crippen molar-refractivity contribution in [1.29, 1.82) is 0 Å². The number of halogens is 1. The Kier molecular flexibility index (Phi) is 7.66. The molecule has 1 atom stereocenters. The van der Waals surface area contributed by atoms with Gasteiger partial charge in [-0.05, 0) is 55.9 Å². The highest BCUT2D eigenvalue weighted by atomic mass is 19.1. The van der Waals surface area contributed by atoms with Gasteiger partial charge in [-0.1, -0.05) is 0 Å². The summed E-state index contributed by atoms with van der Waals surface area (Å²) >= 11 is 0. The maximum Gasteiger partial charge on any atom is 0.251 e. The first kappa shape index (κ1) is 25.2. The molecule has 1 fully saturated rings. The fraction of sp³-hybridized carbons (Fsp3) is 0.444. The Hall–Kier alpha value is -3.50. The highest BCUT2D eigenvalue weighted by Crippen LogP contribution is 2.32. The van der Waals surface area contributed by atoms with Gasteiger partial charge in [-0.3, -0.25) is 9.69 Å². The predicted octanol–water partition coefficient (Wildman–Crippen LogP) is 3.21. The third kappa shape index (κ3) is 6.08. The van der Waals surface area contributed by atoms with E-state index in [1.807, 2.05) is 11.8 Å². The molecule has 3 aromatic rings. The van der Waals surface area contributed by atoms with Crippen molar-refractivity contribution in [2.24, 2.45) is 0 Å². The number of benzene rings is 1. The van der Waals surface area contributed by atoms with Gasteiger partial charge in [0, 0.05) is 55.6 Å². The Bertz CT molecular complexity index is 1230. The van der Waals surface area contributed by atoms with Crippen LogP contribution < -0.4 is 15.4 Å². The third-order valence-electron chi connectivity index (χ3n) is 7.09. The molecule has 0 spiro atoms. The number of aliphatic hydroxyl groups excluding tert-OH is 1. The smallest absolute Gasteiger partial charge is 0.251 e. The zero-order valence-corrected chi connectivity index (χ0v) is 20.9. The first-order valence-electron chi connectivity index (χ1n) is 12.7. The average Bonchev–Trinajstić information content (AvgIpc) is 3.40. The number of carbonyl (C=O) groups is 1. The lowest BCUT2D eigenvalue weighted by Gasteiger charge is -2.32. The number of carbonyl (C=O) groups excluding carboxylic acids is 1. The van der Waals surface area contributed by atoms with Crippen molar-refractivity contribution in [3.63, 3.8) is 0 Å². The largest absolute Gasteiger partial charge is 0.485 e. The van der Waals surface area contributed by atoms with Crippen LogP contribution in [0.5, 0.6) is 5.75 Å². The molecule has 1 unspecified atom stereocenters. The second-order valence-electron chi connectivity index (χ2n) is 9.75. The van der Waals surface area contributed by atoms with Crippen LogP contribution >= 0.6 is 0 Å². The molecule has 3 N–H and O–H groups in total. The van der Waals surface area contributed by atoms with Crippen molar-refractivity contribution in [3.05, 3.63) is 70.8 Å². The Balaban J connectivity index is 1.13. The van der Waals surface area contributed by atoms with E-state index in [-0.39, 0.29) is 24.9 Å². The van der Waals surface area contributed by atoms with E-state index in [0.717, 1.165) is 24.0 Å². The molecule has 2 aromatic heterocycles. The molecule has 1 aliphatic heterocycles. The van der Waals surface area contributed by atoms with E-state index in [2.05, 4.69) is 20.6 Å². The number of hydrogen-bond acceptors (Lipinski definition) is 8. The van der Waals surface area contributed by atoms with Crippen molar-refractivity contribution in [1.82, 2.24) is 20.2 Å². The SMILES string of the molecule is Cc1c(OCc2cnco2)cc(F)c2c1CCN(CC(O)CNC(=O)c1ccnc(NC3CCC3)c1)C2. The molecule has 10 heteroatoms. The van der Waals surface area contributed by atoms with Crippen LogP contribution in [0, 0.1) is 12.7 Å². The second-order valence-corrected chi connectivity index (χ2v) is 9.75. The molecule has 2 aliphatic rings. The average molecular weight is 510 g/mol. The number of anilines is 1. The van der Waals surface area contributed by atoms with Gasteiger partial charge in [0.05, 0.1) is 12.3 Å². The van der Waals surface area contributed by atoms with Crippen LogP contribution in [-0.2, 0) is 19.6 Å². The van der Waals surface area contributed by atoms with Crippen molar-refractivity contribution in [2.75, 3.05) is 25.0 Å². The molecule has 1 aliphatic carbocycles. The molecule has 3 heterocycles. The van der Waals surface area contributed by atoms with Crippen LogP contribution in [0.2, 0.25) is 0 Å². The lowest BCUT2D eigenvalue weighted by atomic mass is 9.93. The van der Waals surface area contributed by atoms with Crippen LogP contribution in [-0.4, -0.2) is 57.7 Å². The number of fused-ring (bicyclic) bond motifs is 1. The fourth-order valence-corrected chi connectivity index (χ4v) is 4.77. The van der Waals surface area contributed by atoms with E-state index in [0.29, 0.717) is 60.6 Å². The van der Waals surface area contributed by atoms with Crippen LogP contribution in [0.1, 0.15) is 52.1 Å². The molecule has 196 valence electrons. The quantitative estimate of drug-likeness (QED) is 0.382. The summed E-state index contributed by atoms with van der Waals surface area (Å²) in [4.78, 5) is 22.8. The van der Waals surface area contributed by atoms with E-state index in [1.54, 1.807) is 24.5 Å². The Morgan fingerprint density at radius 2 is 2.22 bits per heavy atom. The highest BCUT2D eigenvalue weighted by molar-refractivity contribution is 5.94. The van der Waals surface area contributed by atoms with Crippen LogP contribution in [0.25, 0.3) is 0 Å². The van der Waals surface area contributed by atoms with E-state index < -0.39 is 6.10 Å². The van der Waals surface area contributed by atoms with Crippen LogP contribution in [0.3, 0.4) is 0 Å². The van der Waals surface area contributed by atoms with Gasteiger partial charge in [-0.15, -0.1) is 0 Å². The molecule has 0 saturated heterocycles. The van der Waals surface area contributed by atoms with Crippen LogP contribution in [0.15, 0.2) is 41.4 Å². The van der Waals surface area contributed by atoms with Crippen molar-refractivity contribution < 1.29 is 23.4 Å². The third-order valence-corrected chi connectivity index (χ3v) is 7.09. The number of amides is 1. The van der Waals surface area contributed by atoms with Crippen molar-refractivity contribution in [3.8, 4) is 5.75 Å². The molecule has 0 bridgehead atoms. The van der Waals surface area contributed by atoms with E-state index >= 15 is 0 Å². The topological polar surface area (TPSA) is 113 Å². The molecule has 37 heavy (non-hydrogen) atoms. The first-order chi connectivity index (χ1) is 18.0. The zero-order valence-electron chi connectivity index (χ0n) is 20.9. The molecule has 0 radical (unpaired) electrons. The summed E-state index contributed by atoms with van der Waals surface area (Å²) in [6, 6.07) is 5.22. The van der Waals surface area contributed by atoms with E-state index in [9.17, 15) is 14.3 Å². The Morgan fingerprint density at radius 1 is 1.35 bits per heavy atom. The predicted molar refractivity (Wildman–Crippen MR) is 135 cm³/mol. The Labute approximate surface area is 215 Å². The minimum Gasteiger partial charge on any atom is -0.485 e. The standard InChI is InChI=1S/C27H32FN5O4/c1-17-22-6-8-33(14-23(22)24(28)10-25(17)36-15-21-12-29-16-37-21)13-20(34)11-31-27(35)18-5-7-30-26(9-18)32-19-3-2-4-19/h5,7,9-10,12,16,19-20,34H,2-4,6,8,11,13-15H2,1H3,(H,30,32)(H,31,35). The molecular weight excluding hydrogens is 477 g/mol. The van der Waals surface area contributed by atoms with E-state index in [4.69, 9.17) is 9.15 Å². The number of hydrogen-bond donors (Lipinski definition) is 3. The maximum absolute atomic E-state index is 15.0. The summed E-state index contributed by atoms with van der Waals surface area (Å²) in [6.07, 6.45) is 7.82. The molecule has 5 rings (SSSR count). The summed E-state index contributed by atoms with van der Waals surface area (Å²) in [6.45, 7) is 3.60. The summed E-state index contributed by atoms with van der Waals surface area (Å²) < 4.78 is 25.9. The van der Waals surface area contributed by atoms with Gasteiger partial charge in [0.25, 0.3) is 5.91 Å². The van der Waals surface area contributed by atoms with Crippen molar-refractivity contribution >= 4 is 11.7 Å². The van der Waals surface area contributed by atoms with Gasteiger partial charge < -0.3 is 24.9 Å². The number of aliphatic hydroxyl groups is 1.